The van der Waals surface area contributed by atoms with Crippen LogP contribution >= 0.6 is 0 Å². The molecule has 0 bridgehead atoms. The lowest BCUT2D eigenvalue weighted by Gasteiger charge is -2.04. The second-order valence-corrected chi connectivity index (χ2v) is 4.50. The predicted molar refractivity (Wildman–Crippen MR) is 72.1 cm³/mol. The lowest BCUT2D eigenvalue weighted by atomic mass is 10.3. The molecule has 3 heterocycles. The third-order valence-corrected chi connectivity index (χ3v) is 3.14. The van der Waals surface area contributed by atoms with Crippen molar-refractivity contribution in [2.75, 3.05) is 6.79 Å². The Morgan fingerprint density at radius 1 is 1.15 bits per heavy atom. The van der Waals surface area contributed by atoms with Crippen molar-refractivity contribution in [3.63, 3.8) is 0 Å². The Morgan fingerprint density at radius 2 is 2.10 bits per heavy atom. The molecule has 5 heteroatoms. The minimum atomic E-state index is 0.269. The number of hydrogen-bond acceptors (Lipinski definition) is 4. The normalized spacial score (nSPS) is 12.8. The van der Waals surface area contributed by atoms with Gasteiger partial charge in [0.2, 0.25) is 6.79 Å². The second kappa shape index (κ2) is 4.45. The molecule has 0 N–H and O–H groups in total. The van der Waals surface area contributed by atoms with E-state index in [2.05, 4.69) is 4.98 Å². The van der Waals surface area contributed by atoms with Crippen LogP contribution in [0.25, 0.3) is 5.65 Å². The van der Waals surface area contributed by atoms with Crippen LogP contribution in [0.2, 0.25) is 0 Å². The summed E-state index contributed by atoms with van der Waals surface area (Å²) in [4.78, 5) is 4.48. The van der Waals surface area contributed by atoms with E-state index in [1.54, 1.807) is 0 Å². The van der Waals surface area contributed by atoms with Gasteiger partial charge in [-0.1, -0.05) is 6.07 Å². The summed E-state index contributed by atoms with van der Waals surface area (Å²) in [5.41, 5.74) is 1.80. The molecule has 1 aliphatic rings. The minimum absolute atomic E-state index is 0.269. The number of fused-ring (bicyclic) bond motifs is 2. The number of hydrogen-bond donors (Lipinski definition) is 0. The monoisotopic (exact) mass is 268 g/mol. The van der Waals surface area contributed by atoms with Gasteiger partial charge >= 0.3 is 0 Å². The average molecular weight is 268 g/mol. The molecule has 0 spiro atoms. The van der Waals surface area contributed by atoms with Crippen LogP contribution < -0.4 is 14.2 Å². The fraction of sp³-hybridized carbons (Fsp3) is 0.133. The standard InChI is InChI=1S/C15H12N2O3/c1-2-6-17-8-11(16-15(17)3-1)9-18-12-4-5-13-14(7-12)20-10-19-13/h1-8H,9-10H2. The van der Waals surface area contributed by atoms with Gasteiger partial charge in [-0.05, 0) is 24.3 Å². The van der Waals surface area contributed by atoms with Gasteiger partial charge in [0.1, 0.15) is 18.0 Å². The van der Waals surface area contributed by atoms with E-state index in [0.717, 1.165) is 28.6 Å². The van der Waals surface area contributed by atoms with Gasteiger partial charge in [0, 0.05) is 18.5 Å². The van der Waals surface area contributed by atoms with E-state index in [0.29, 0.717) is 6.61 Å². The summed E-state index contributed by atoms with van der Waals surface area (Å²) in [6, 6.07) is 11.4. The van der Waals surface area contributed by atoms with Gasteiger partial charge in [-0.2, -0.15) is 0 Å². The first-order valence-corrected chi connectivity index (χ1v) is 6.33. The first-order valence-electron chi connectivity index (χ1n) is 6.33. The van der Waals surface area contributed by atoms with Crippen molar-refractivity contribution < 1.29 is 14.2 Å². The highest BCUT2D eigenvalue weighted by atomic mass is 16.7. The maximum absolute atomic E-state index is 5.74. The number of imidazole rings is 1. The van der Waals surface area contributed by atoms with Gasteiger partial charge in [0.25, 0.3) is 0 Å². The number of rotatable bonds is 3. The van der Waals surface area contributed by atoms with Crippen molar-refractivity contribution in [3.8, 4) is 17.2 Å². The van der Waals surface area contributed by atoms with Gasteiger partial charge in [-0.3, -0.25) is 0 Å². The highest BCUT2D eigenvalue weighted by molar-refractivity contribution is 5.47. The summed E-state index contributed by atoms with van der Waals surface area (Å²) in [5, 5.41) is 0. The first-order chi connectivity index (χ1) is 9.88. The van der Waals surface area contributed by atoms with Crippen LogP contribution in [0.4, 0.5) is 0 Å². The SMILES string of the molecule is c1ccn2cc(COc3ccc4c(c3)OCO4)nc2c1. The van der Waals surface area contributed by atoms with Crippen LogP contribution in [-0.2, 0) is 6.61 Å². The van der Waals surface area contributed by atoms with Crippen LogP contribution in [-0.4, -0.2) is 16.2 Å². The molecular weight excluding hydrogens is 256 g/mol. The molecule has 0 radical (unpaired) electrons. The molecule has 0 fully saturated rings. The average Bonchev–Trinajstić information content (AvgIpc) is 3.10. The fourth-order valence-electron chi connectivity index (χ4n) is 2.18. The Balaban J connectivity index is 1.52. The topological polar surface area (TPSA) is 45.0 Å². The van der Waals surface area contributed by atoms with Crippen molar-refractivity contribution in [2.24, 2.45) is 0 Å². The summed E-state index contributed by atoms with van der Waals surface area (Å²) in [6.07, 6.45) is 3.93. The first kappa shape index (κ1) is 11.2. The fourth-order valence-corrected chi connectivity index (χ4v) is 2.18. The number of nitrogens with zero attached hydrogens (tertiary/aromatic N) is 2. The van der Waals surface area contributed by atoms with Gasteiger partial charge in [-0.25, -0.2) is 4.98 Å². The number of benzene rings is 1. The Kier molecular flexibility index (Phi) is 2.48. The van der Waals surface area contributed by atoms with Gasteiger partial charge in [0.05, 0.1) is 5.69 Å². The maximum atomic E-state index is 5.74. The van der Waals surface area contributed by atoms with E-state index in [1.807, 2.05) is 53.2 Å². The van der Waals surface area contributed by atoms with Crippen molar-refractivity contribution in [3.05, 3.63) is 54.5 Å². The Labute approximate surface area is 115 Å². The van der Waals surface area contributed by atoms with E-state index in [9.17, 15) is 0 Å². The molecule has 5 nitrogen and oxygen atoms in total. The lowest BCUT2D eigenvalue weighted by molar-refractivity contribution is 0.173. The Hall–Kier alpha value is -2.69. The molecule has 20 heavy (non-hydrogen) atoms. The smallest absolute Gasteiger partial charge is 0.231 e. The molecule has 0 atom stereocenters. The van der Waals surface area contributed by atoms with Crippen LogP contribution in [0.3, 0.4) is 0 Å². The molecule has 0 aliphatic carbocycles. The molecule has 4 rings (SSSR count). The molecule has 3 aromatic rings. The second-order valence-electron chi connectivity index (χ2n) is 4.50. The molecule has 0 unspecified atom stereocenters. The summed E-state index contributed by atoms with van der Waals surface area (Å²) in [7, 11) is 0. The highest BCUT2D eigenvalue weighted by Gasteiger charge is 2.13. The van der Waals surface area contributed by atoms with E-state index in [1.165, 1.54) is 0 Å². The number of aromatic nitrogens is 2. The zero-order valence-corrected chi connectivity index (χ0v) is 10.7. The number of pyridine rings is 1. The number of ether oxygens (including phenoxy) is 3. The van der Waals surface area contributed by atoms with Crippen molar-refractivity contribution in [2.45, 2.75) is 6.61 Å². The molecule has 0 amide bonds. The van der Waals surface area contributed by atoms with E-state index < -0.39 is 0 Å². The molecule has 2 aromatic heterocycles. The summed E-state index contributed by atoms with van der Waals surface area (Å²) < 4.78 is 18.3. The molecule has 0 saturated carbocycles. The maximum Gasteiger partial charge on any atom is 0.231 e. The summed E-state index contributed by atoms with van der Waals surface area (Å²) in [5.74, 6) is 2.22. The van der Waals surface area contributed by atoms with E-state index >= 15 is 0 Å². The van der Waals surface area contributed by atoms with Crippen LogP contribution in [0.15, 0.2) is 48.8 Å². The van der Waals surface area contributed by atoms with Gasteiger partial charge in [0.15, 0.2) is 11.5 Å². The third-order valence-electron chi connectivity index (χ3n) is 3.14. The zero-order valence-electron chi connectivity index (χ0n) is 10.7. The van der Waals surface area contributed by atoms with E-state index in [4.69, 9.17) is 14.2 Å². The van der Waals surface area contributed by atoms with Crippen molar-refractivity contribution in [1.82, 2.24) is 9.38 Å². The van der Waals surface area contributed by atoms with Crippen molar-refractivity contribution >= 4 is 5.65 Å². The third kappa shape index (κ3) is 1.93. The van der Waals surface area contributed by atoms with Gasteiger partial charge < -0.3 is 18.6 Å². The minimum Gasteiger partial charge on any atom is -0.487 e. The van der Waals surface area contributed by atoms with Crippen molar-refractivity contribution in [1.29, 1.82) is 0 Å². The molecule has 1 aliphatic heterocycles. The molecule has 0 saturated heterocycles. The van der Waals surface area contributed by atoms with Crippen LogP contribution in [0.5, 0.6) is 17.2 Å². The lowest BCUT2D eigenvalue weighted by Crippen LogP contribution is -1.95. The zero-order chi connectivity index (χ0) is 13.4. The molecular formula is C15H12N2O3. The summed E-state index contributed by atoms with van der Waals surface area (Å²) >= 11 is 0. The predicted octanol–water partition coefficient (Wildman–Crippen LogP) is 2.64. The Bertz CT molecular complexity index is 734. The molecule has 1 aromatic carbocycles. The van der Waals surface area contributed by atoms with Crippen LogP contribution in [0.1, 0.15) is 5.69 Å². The van der Waals surface area contributed by atoms with Crippen LogP contribution in [0, 0.1) is 0 Å². The van der Waals surface area contributed by atoms with Gasteiger partial charge in [-0.15, -0.1) is 0 Å². The molecule has 100 valence electrons. The Morgan fingerprint density at radius 3 is 3.05 bits per heavy atom. The largest absolute Gasteiger partial charge is 0.487 e. The summed E-state index contributed by atoms with van der Waals surface area (Å²) in [6.45, 7) is 0.687. The van der Waals surface area contributed by atoms with E-state index in [-0.39, 0.29) is 6.79 Å². The highest BCUT2D eigenvalue weighted by Crippen LogP contribution is 2.35. The quantitative estimate of drug-likeness (QED) is 0.732.